The summed E-state index contributed by atoms with van der Waals surface area (Å²) in [6.07, 6.45) is 5.63. The molecule has 0 spiro atoms. The van der Waals surface area contributed by atoms with E-state index in [9.17, 15) is 13.2 Å². The van der Waals surface area contributed by atoms with Crippen molar-refractivity contribution >= 4 is 33.2 Å². The normalized spacial score (nSPS) is 12.4. The molecule has 30 heavy (non-hydrogen) atoms. The van der Waals surface area contributed by atoms with Gasteiger partial charge >= 0.3 is 0 Å². The summed E-state index contributed by atoms with van der Waals surface area (Å²) in [6, 6.07) is 13.7. The van der Waals surface area contributed by atoms with Gasteiger partial charge < -0.3 is 5.32 Å². The zero-order valence-electron chi connectivity index (χ0n) is 17.9. The number of sulfonamides is 1. The molecular formula is C23H31ClN2O3S. The molecule has 1 atom stereocenters. The quantitative estimate of drug-likeness (QED) is 0.508. The van der Waals surface area contributed by atoms with E-state index < -0.39 is 10.0 Å². The maximum absolute atomic E-state index is 12.5. The maximum atomic E-state index is 12.5. The number of unbranched alkanes of at least 4 members (excludes halogenated alkanes) is 1. The minimum atomic E-state index is -3.49. The highest BCUT2D eigenvalue weighted by atomic mass is 35.5. The molecule has 2 aromatic rings. The summed E-state index contributed by atoms with van der Waals surface area (Å²) in [6.45, 7) is 5.15. The first-order chi connectivity index (χ1) is 14.2. The number of anilines is 1. The molecule has 164 valence electrons. The third kappa shape index (κ3) is 7.33. The number of hydrogen-bond donors (Lipinski definition) is 1. The van der Waals surface area contributed by atoms with Crippen LogP contribution in [0, 0.1) is 5.92 Å². The van der Waals surface area contributed by atoms with E-state index in [1.54, 1.807) is 48.5 Å². The van der Waals surface area contributed by atoms with Crippen LogP contribution in [0.2, 0.25) is 5.02 Å². The monoisotopic (exact) mass is 450 g/mol. The minimum absolute atomic E-state index is 0.139. The Labute approximate surface area is 185 Å². The fraction of sp³-hybridized carbons (Fsp3) is 0.435. The van der Waals surface area contributed by atoms with Crippen LogP contribution in [0.15, 0.2) is 48.5 Å². The highest BCUT2D eigenvalue weighted by Crippen LogP contribution is 2.22. The summed E-state index contributed by atoms with van der Waals surface area (Å²) in [5.74, 6) is 0.341. The van der Waals surface area contributed by atoms with Gasteiger partial charge in [0.05, 0.1) is 18.5 Å². The third-order valence-corrected chi connectivity index (χ3v) is 6.54. The summed E-state index contributed by atoms with van der Waals surface area (Å²) in [5, 5.41) is 3.60. The highest BCUT2D eigenvalue weighted by Gasteiger charge is 2.18. The van der Waals surface area contributed by atoms with Crippen LogP contribution >= 0.6 is 11.6 Å². The zero-order chi connectivity index (χ0) is 22.1. The Kier molecular flexibility index (Phi) is 9.18. The van der Waals surface area contributed by atoms with Crippen LogP contribution in [-0.4, -0.2) is 27.1 Å². The molecule has 0 fully saturated rings. The Hall–Kier alpha value is -2.05. The van der Waals surface area contributed by atoms with Crippen LogP contribution in [-0.2, 0) is 16.6 Å². The van der Waals surface area contributed by atoms with E-state index in [1.165, 1.54) is 10.6 Å². The molecule has 0 aliphatic carbocycles. The largest absolute Gasteiger partial charge is 0.352 e. The molecule has 0 aliphatic heterocycles. The molecule has 0 bridgehead atoms. The van der Waals surface area contributed by atoms with Gasteiger partial charge in [0.1, 0.15) is 0 Å². The van der Waals surface area contributed by atoms with E-state index in [2.05, 4.69) is 19.2 Å². The Morgan fingerprint density at radius 2 is 1.70 bits per heavy atom. The zero-order valence-corrected chi connectivity index (χ0v) is 19.5. The van der Waals surface area contributed by atoms with E-state index in [4.69, 9.17) is 11.6 Å². The van der Waals surface area contributed by atoms with Crippen molar-refractivity contribution in [3.63, 3.8) is 0 Å². The van der Waals surface area contributed by atoms with Crippen molar-refractivity contribution < 1.29 is 13.2 Å². The lowest BCUT2D eigenvalue weighted by Gasteiger charge is -2.23. The molecular weight excluding hydrogens is 420 g/mol. The number of nitrogens with one attached hydrogen (secondary N) is 1. The van der Waals surface area contributed by atoms with Gasteiger partial charge in [-0.1, -0.05) is 56.8 Å². The molecule has 0 radical (unpaired) electrons. The summed E-state index contributed by atoms with van der Waals surface area (Å²) in [5.41, 5.74) is 1.85. The van der Waals surface area contributed by atoms with Gasteiger partial charge in [-0.05, 0) is 54.3 Å². The smallest absolute Gasteiger partial charge is 0.251 e. The lowest BCUT2D eigenvalue weighted by atomic mass is 9.99. The van der Waals surface area contributed by atoms with Crippen LogP contribution in [0.3, 0.4) is 0 Å². The van der Waals surface area contributed by atoms with Gasteiger partial charge in [-0.2, -0.15) is 0 Å². The number of hydrogen-bond acceptors (Lipinski definition) is 3. The number of benzene rings is 2. The summed E-state index contributed by atoms with van der Waals surface area (Å²) >= 11 is 5.91. The van der Waals surface area contributed by atoms with E-state index in [1.807, 2.05) is 0 Å². The second-order valence-corrected chi connectivity index (χ2v) is 9.91. The third-order valence-electron chi connectivity index (χ3n) is 5.15. The second kappa shape index (κ2) is 11.4. The summed E-state index contributed by atoms with van der Waals surface area (Å²) in [4.78, 5) is 12.5. The van der Waals surface area contributed by atoms with Gasteiger partial charge in [-0.15, -0.1) is 0 Å². The number of nitrogens with zero attached hydrogens (tertiary/aromatic N) is 1. The number of carbonyl (C=O) groups excluding carboxylic acids is 1. The molecule has 0 heterocycles. The van der Waals surface area contributed by atoms with Crippen molar-refractivity contribution in [3.05, 3.63) is 64.7 Å². The molecule has 0 saturated heterocycles. The Bertz CT molecular complexity index is 912. The van der Waals surface area contributed by atoms with Crippen LogP contribution in [0.5, 0.6) is 0 Å². The van der Waals surface area contributed by atoms with Crippen LogP contribution < -0.4 is 9.62 Å². The van der Waals surface area contributed by atoms with E-state index in [0.29, 0.717) is 28.7 Å². The van der Waals surface area contributed by atoms with Gasteiger partial charge in [0.25, 0.3) is 5.91 Å². The number of halogens is 1. The molecule has 0 saturated carbocycles. The predicted octanol–water partition coefficient (Wildman–Crippen LogP) is 5.25. The maximum Gasteiger partial charge on any atom is 0.251 e. The predicted molar refractivity (Wildman–Crippen MR) is 125 cm³/mol. The molecule has 2 rings (SSSR count). The van der Waals surface area contributed by atoms with Gasteiger partial charge in [-0.3, -0.25) is 9.10 Å². The SMILES string of the molecule is CCCC[C@H](CC)CNC(=O)c1ccc(N(Cc2ccc(Cl)cc2)S(C)(=O)=O)cc1. The fourth-order valence-electron chi connectivity index (χ4n) is 3.22. The van der Waals surface area contributed by atoms with E-state index in [0.717, 1.165) is 31.2 Å². The number of carbonyl (C=O) groups is 1. The lowest BCUT2D eigenvalue weighted by molar-refractivity contribution is 0.0946. The standard InChI is InChI=1S/C23H31ClN2O3S/c1-4-6-7-18(5-2)16-25-23(27)20-10-14-22(15-11-20)26(30(3,28)29)17-19-8-12-21(24)13-9-19/h8-15,18H,4-7,16-17H2,1-3H3,(H,25,27)/t18-/m0/s1. The van der Waals surface area contributed by atoms with Crippen molar-refractivity contribution in [2.24, 2.45) is 5.92 Å². The Morgan fingerprint density at radius 3 is 2.23 bits per heavy atom. The van der Waals surface area contributed by atoms with E-state index >= 15 is 0 Å². The summed E-state index contributed by atoms with van der Waals surface area (Å²) in [7, 11) is -3.49. The molecule has 2 aromatic carbocycles. The molecule has 5 nitrogen and oxygen atoms in total. The second-order valence-electron chi connectivity index (χ2n) is 7.57. The first kappa shape index (κ1) is 24.2. The van der Waals surface area contributed by atoms with Crippen molar-refractivity contribution in [3.8, 4) is 0 Å². The highest BCUT2D eigenvalue weighted by molar-refractivity contribution is 7.92. The van der Waals surface area contributed by atoms with Crippen molar-refractivity contribution in [2.45, 2.75) is 46.1 Å². The van der Waals surface area contributed by atoms with Gasteiger partial charge in [-0.25, -0.2) is 8.42 Å². The van der Waals surface area contributed by atoms with Crippen molar-refractivity contribution in [1.29, 1.82) is 0 Å². The van der Waals surface area contributed by atoms with Gasteiger partial charge in [0, 0.05) is 17.1 Å². The number of rotatable bonds is 11. The fourth-order valence-corrected chi connectivity index (χ4v) is 4.23. The average molecular weight is 451 g/mol. The van der Waals surface area contributed by atoms with Crippen molar-refractivity contribution in [2.75, 3.05) is 17.1 Å². The lowest BCUT2D eigenvalue weighted by Crippen LogP contribution is -2.30. The van der Waals surface area contributed by atoms with Crippen LogP contribution in [0.1, 0.15) is 55.5 Å². The first-order valence-corrected chi connectivity index (χ1v) is 12.6. The average Bonchev–Trinajstić information content (AvgIpc) is 2.72. The van der Waals surface area contributed by atoms with Gasteiger partial charge in [0.2, 0.25) is 10.0 Å². The molecule has 7 heteroatoms. The molecule has 0 aromatic heterocycles. The topological polar surface area (TPSA) is 66.5 Å². The minimum Gasteiger partial charge on any atom is -0.352 e. The van der Waals surface area contributed by atoms with Crippen LogP contribution in [0.4, 0.5) is 5.69 Å². The Balaban J connectivity index is 2.08. The molecule has 0 aliphatic rings. The van der Waals surface area contributed by atoms with Gasteiger partial charge in [0.15, 0.2) is 0 Å². The van der Waals surface area contributed by atoms with Crippen molar-refractivity contribution in [1.82, 2.24) is 5.32 Å². The molecule has 1 N–H and O–H groups in total. The molecule has 1 amide bonds. The Morgan fingerprint density at radius 1 is 1.07 bits per heavy atom. The van der Waals surface area contributed by atoms with E-state index in [-0.39, 0.29) is 12.5 Å². The summed E-state index contributed by atoms with van der Waals surface area (Å²) < 4.78 is 26.0. The number of amides is 1. The first-order valence-electron chi connectivity index (χ1n) is 10.3. The van der Waals surface area contributed by atoms with Crippen LogP contribution in [0.25, 0.3) is 0 Å². The molecule has 0 unspecified atom stereocenters.